The van der Waals surface area contributed by atoms with Crippen LogP contribution in [0.15, 0.2) is 23.1 Å². The number of nitrogens with zero attached hydrogens (tertiary/aromatic N) is 1. The number of amides is 3. The molecule has 1 N–H and O–H groups in total. The number of carbonyl (C=O) groups is 3. The Balaban J connectivity index is 1.82. The lowest BCUT2D eigenvalue weighted by molar-refractivity contribution is -0.153. The number of carbonyl (C=O) groups excluding carboxylic acids is 3. The Labute approximate surface area is 164 Å². The van der Waals surface area contributed by atoms with Crippen molar-refractivity contribution in [1.82, 2.24) is 10.2 Å². The van der Waals surface area contributed by atoms with E-state index < -0.39 is 39.1 Å². The number of benzene rings is 1. The zero-order chi connectivity index (χ0) is 20.5. The second kappa shape index (κ2) is 7.54. The molecule has 1 aromatic carbocycles. The molecule has 0 aromatic heterocycles. The number of ether oxygens (including phenoxy) is 1. The largest absolute Gasteiger partial charge is 0.454 e. The minimum absolute atomic E-state index is 0.0831. The molecule has 3 rings (SSSR count). The third-order valence-electron chi connectivity index (χ3n) is 5.57. The van der Waals surface area contributed by atoms with Gasteiger partial charge in [0, 0.05) is 13.1 Å². The normalized spacial score (nSPS) is 18.8. The Bertz CT molecular complexity index is 918. The molecule has 1 aliphatic heterocycles. The van der Waals surface area contributed by atoms with Gasteiger partial charge in [-0.25, -0.2) is 13.2 Å². The Hall–Kier alpha value is -2.42. The number of sulfone groups is 1. The molecule has 0 atom stereocenters. The summed E-state index contributed by atoms with van der Waals surface area (Å²) in [6, 6.07) is 4.24. The number of esters is 1. The van der Waals surface area contributed by atoms with Crippen LogP contribution in [0.4, 0.5) is 4.79 Å². The molecular formula is C19H24N2O6S. The summed E-state index contributed by atoms with van der Waals surface area (Å²) in [4.78, 5) is 37.6. The molecule has 9 heteroatoms. The number of aryl methyl sites for hydroxylation is 2. The molecule has 152 valence electrons. The van der Waals surface area contributed by atoms with Crippen molar-refractivity contribution >= 4 is 27.7 Å². The van der Waals surface area contributed by atoms with Gasteiger partial charge in [-0.15, -0.1) is 0 Å². The van der Waals surface area contributed by atoms with E-state index in [9.17, 15) is 22.8 Å². The van der Waals surface area contributed by atoms with Crippen LogP contribution in [0.5, 0.6) is 0 Å². The summed E-state index contributed by atoms with van der Waals surface area (Å²) in [6.07, 6.45) is 1.47. The quantitative estimate of drug-likeness (QED) is 0.739. The smallest absolute Gasteiger partial charge is 0.328 e. The predicted octanol–water partition coefficient (Wildman–Crippen LogP) is 1.48. The monoisotopic (exact) mass is 408 g/mol. The van der Waals surface area contributed by atoms with Gasteiger partial charge in [0.25, 0.3) is 5.91 Å². The van der Waals surface area contributed by atoms with Crippen molar-refractivity contribution in [1.29, 1.82) is 0 Å². The molecule has 0 radical (unpaired) electrons. The van der Waals surface area contributed by atoms with E-state index in [0.717, 1.165) is 16.0 Å². The van der Waals surface area contributed by atoms with Gasteiger partial charge in [-0.3, -0.25) is 14.5 Å². The summed E-state index contributed by atoms with van der Waals surface area (Å²) in [5.41, 5.74) is 1.77. The van der Waals surface area contributed by atoms with Crippen LogP contribution >= 0.6 is 0 Å². The first-order valence-electron chi connectivity index (χ1n) is 9.26. The Kier molecular flexibility index (Phi) is 5.47. The maximum absolute atomic E-state index is 13.4. The van der Waals surface area contributed by atoms with Gasteiger partial charge < -0.3 is 10.1 Å². The molecule has 3 amide bonds. The van der Waals surface area contributed by atoms with Crippen LogP contribution in [0, 0.1) is 13.8 Å². The lowest BCUT2D eigenvalue weighted by atomic mass is 10.1. The van der Waals surface area contributed by atoms with Crippen molar-refractivity contribution in [2.45, 2.75) is 49.2 Å². The number of hydrogen-bond acceptors (Lipinski definition) is 6. The van der Waals surface area contributed by atoms with Crippen LogP contribution < -0.4 is 5.32 Å². The van der Waals surface area contributed by atoms with Crippen LogP contribution in [-0.2, 0) is 24.2 Å². The van der Waals surface area contributed by atoms with E-state index >= 15 is 0 Å². The van der Waals surface area contributed by atoms with Crippen molar-refractivity contribution in [3.8, 4) is 0 Å². The number of urea groups is 1. The molecule has 1 saturated heterocycles. The zero-order valence-corrected chi connectivity index (χ0v) is 16.8. The van der Waals surface area contributed by atoms with Crippen molar-refractivity contribution in [2.75, 3.05) is 19.7 Å². The third-order valence-corrected chi connectivity index (χ3v) is 8.05. The van der Waals surface area contributed by atoms with E-state index in [4.69, 9.17) is 4.74 Å². The van der Waals surface area contributed by atoms with Crippen molar-refractivity contribution in [2.24, 2.45) is 0 Å². The molecule has 0 spiro atoms. The number of nitrogens with one attached hydrogen (secondary N) is 1. The topological polar surface area (TPSA) is 110 Å². The summed E-state index contributed by atoms with van der Waals surface area (Å²) < 4.78 is 30.1. The van der Waals surface area contributed by atoms with E-state index in [0.29, 0.717) is 19.4 Å². The Morgan fingerprint density at radius 2 is 1.86 bits per heavy atom. The Morgan fingerprint density at radius 3 is 2.43 bits per heavy atom. The molecule has 0 bridgehead atoms. The third kappa shape index (κ3) is 3.39. The highest BCUT2D eigenvalue weighted by molar-refractivity contribution is 7.93. The minimum Gasteiger partial charge on any atom is -0.454 e. The van der Waals surface area contributed by atoms with Gasteiger partial charge in [-0.1, -0.05) is 18.9 Å². The highest BCUT2D eigenvalue weighted by atomic mass is 32.2. The van der Waals surface area contributed by atoms with E-state index in [1.807, 2.05) is 13.8 Å². The second-order valence-electron chi connectivity index (χ2n) is 7.30. The van der Waals surface area contributed by atoms with Gasteiger partial charge in [0.05, 0.1) is 4.90 Å². The van der Waals surface area contributed by atoms with Gasteiger partial charge in [-0.2, -0.15) is 0 Å². The van der Waals surface area contributed by atoms with E-state index in [1.165, 1.54) is 6.07 Å². The zero-order valence-electron chi connectivity index (χ0n) is 16.0. The number of hydrogen-bond donors (Lipinski definition) is 1. The number of rotatable bonds is 5. The van der Waals surface area contributed by atoms with Gasteiger partial charge in [-0.05, 0) is 49.9 Å². The van der Waals surface area contributed by atoms with Crippen molar-refractivity contribution < 1.29 is 27.5 Å². The van der Waals surface area contributed by atoms with Gasteiger partial charge >= 0.3 is 12.0 Å². The van der Waals surface area contributed by atoms with Gasteiger partial charge in [0.2, 0.25) is 0 Å². The van der Waals surface area contributed by atoms with Crippen LogP contribution in [0.25, 0.3) is 0 Å². The van der Waals surface area contributed by atoms with E-state index in [2.05, 4.69) is 5.32 Å². The van der Waals surface area contributed by atoms with Crippen LogP contribution in [0.1, 0.15) is 36.8 Å². The first kappa shape index (κ1) is 20.3. The molecule has 2 aliphatic rings. The fraction of sp³-hybridized carbons (Fsp3) is 0.526. The standard InChI is InChI=1S/C19H24N2O6S/c1-13-5-6-15(11-14(13)2)28(25,26)19(7-3-4-8-19)17(23)27-12-16(22)21-10-9-20-18(21)24/h5-6,11H,3-4,7-10,12H2,1-2H3,(H,20,24). The summed E-state index contributed by atoms with van der Waals surface area (Å²) in [5, 5.41) is 2.49. The minimum atomic E-state index is -4.00. The average Bonchev–Trinajstić information content (AvgIpc) is 3.31. The second-order valence-corrected chi connectivity index (χ2v) is 9.56. The first-order chi connectivity index (χ1) is 13.2. The van der Waals surface area contributed by atoms with Gasteiger partial charge in [0.1, 0.15) is 0 Å². The molecule has 1 heterocycles. The lowest BCUT2D eigenvalue weighted by Gasteiger charge is -2.27. The molecule has 0 unspecified atom stereocenters. The molecule has 28 heavy (non-hydrogen) atoms. The molecule has 1 aliphatic carbocycles. The van der Waals surface area contributed by atoms with E-state index in [1.54, 1.807) is 12.1 Å². The highest BCUT2D eigenvalue weighted by Gasteiger charge is 2.54. The highest BCUT2D eigenvalue weighted by Crippen LogP contribution is 2.41. The summed E-state index contributed by atoms with van der Waals surface area (Å²) in [5.74, 6) is -1.59. The molecule has 8 nitrogen and oxygen atoms in total. The van der Waals surface area contributed by atoms with Crippen LogP contribution in [0.3, 0.4) is 0 Å². The molecule has 1 aromatic rings. The maximum atomic E-state index is 13.4. The van der Waals surface area contributed by atoms with Crippen molar-refractivity contribution in [3.63, 3.8) is 0 Å². The summed E-state index contributed by atoms with van der Waals surface area (Å²) in [6.45, 7) is 3.57. The summed E-state index contributed by atoms with van der Waals surface area (Å²) >= 11 is 0. The van der Waals surface area contributed by atoms with Crippen molar-refractivity contribution in [3.05, 3.63) is 29.3 Å². The van der Waals surface area contributed by atoms with Crippen LogP contribution in [-0.4, -0.2) is 55.7 Å². The Morgan fingerprint density at radius 1 is 1.18 bits per heavy atom. The molecule has 1 saturated carbocycles. The van der Waals surface area contributed by atoms with Crippen LogP contribution in [0.2, 0.25) is 0 Å². The van der Waals surface area contributed by atoms with Gasteiger partial charge in [0.15, 0.2) is 21.2 Å². The molecular weight excluding hydrogens is 384 g/mol. The van der Waals surface area contributed by atoms with E-state index in [-0.39, 0.29) is 24.3 Å². The number of imide groups is 1. The molecule has 2 fully saturated rings. The first-order valence-corrected chi connectivity index (χ1v) is 10.7. The summed E-state index contributed by atoms with van der Waals surface area (Å²) in [7, 11) is -4.00. The predicted molar refractivity (Wildman–Crippen MR) is 100 cm³/mol. The average molecular weight is 408 g/mol. The maximum Gasteiger partial charge on any atom is 0.328 e. The fourth-order valence-electron chi connectivity index (χ4n) is 3.68. The lowest BCUT2D eigenvalue weighted by Crippen LogP contribution is -2.47. The fourth-order valence-corrected chi connectivity index (χ4v) is 5.82. The SMILES string of the molecule is Cc1ccc(S(=O)(=O)C2(C(=O)OCC(=O)N3CCNC3=O)CCCC2)cc1C.